The monoisotopic (exact) mass is 208 g/mol. The minimum Gasteiger partial charge on any atom is -0.283 e. The number of rotatable bonds is 2. The SMILES string of the molecule is Fc1cccc(F)c1/N=N/c1cn[nH]c1. The first-order chi connectivity index (χ1) is 7.27. The van der Waals surface area contributed by atoms with Gasteiger partial charge in [0.1, 0.15) is 5.69 Å². The molecule has 0 saturated heterocycles. The summed E-state index contributed by atoms with van der Waals surface area (Å²) < 4.78 is 26.1. The molecule has 0 radical (unpaired) electrons. The second kappa shape index (κ2) is 3.95. The molecule has 2 aromatic rings. The molecule has 0 unspecified atom stereocenters. The summed E-state index contributed by atoms with van der Waals surface area (Å²) in [5.41, 5.74) is -0.00338. The van der Waals surface area contributed by atoms with Gasteiger partial charge >= 0.3 is 0 Å². The van der Waals surface area contributed by atoms with Crippen molar-refractivity contribution in [2.75, 3.05) is 0 Å². The quantitative estimate of drug-likeness (QED) is 0.757. The molecule has 0 bridgehead atoms. The van der Waals surface area contributed by atoms with Crippen LogP contribution in [0, 0.1) is 11.6 Å². The van der Waals surface area contributed by atoms with E-state index < -0.39 is 17.3 Å². The molecule has 1 heterocycles. The molecule has 1 aromatic heterocycles. The van der Waals surface area contributed by atoms with E-state index in [9.17, 15) is 8.78 Å². The summed E-state index contributed by atoms with van der Waals surface area (Å²) in [4.78, 5) is 0. The van der Waals surface area contributed by atoms with Crippen molar-refractivity contribution in [2.45, 2.75) is 0 Å². The first-order valence-corrected chi connectivity index (χ1v) is 4.12. The maximum Gasteiger partial charge on any atom is 0.157 e. The Kier molecular flexibility index (Phi) is 2.49. The van der Waals surface area contributed by atoms with Gasteiger partial charge < -0.3 is 0 Å². The number of H-pyrrole nitrogens is 1. The number of hydrogen-bond donors (Lipinski definition) is 1. The number of aromatic amines is 1. The minimum atomic E-state index is -0.748. The summed E-state index contributed by atoms with van der Waals surface area (Å²) in [6.07, 6.45) is 2.85. The average Bonchev–Trinajstić information content (AvgIpc) is 2.70. The Morgan fingerprint density at radius 1 is 1.13 bits per heavy atom. The van der Waals surface area contributed by atoms with Crippen LogP contribution in [0.4, 0.5) is 20.2 Å². The summed E-state index contributed by atoms with van der Waals surface area (Å²) in [5.74, 6) is -1.50. The number of nitrogens with one attached hydrogen (secondary N) is 1. The molecule has 4 nitrogen and oxygen atoms in total. The molecule has 0 saturated carbocycles. The molecular weight excluding hydrogens is 202 g/mol. The topological polar surface area (TPSA) is 53.4 Å². The summed E-state index contributed by atoms with van der Waals surface area (Å²) in [7, 11) is 0. The zero-order valence-electron chi connectivity index (χ0n) is 7.48. The van der Waals surface area contributed by atoms with Crippen LogP contribution in [0.15, 0.2) is 40.8 Å². The van der Waals surface area contributed by atoms with Gasteiger partial charge in [0.05, 0.1) is 6.20 Å². The van der Waals surface area contributed by atoms with E-state index in [0.717, 1.165) is 12.1 Å². The Hall–Kier alpha value is -2.11. The van der Waals surface area contributed by atoms with Crippen LogP contribution in [0.3, 0.4) is 0 Å². The summed E-state index contributed by atoms with van der Waals surface area (Å²) in [6.45, 7) is 0. The molecule has 76 valence electrons. The number of halogens is 2. The van der Waals surface area contributed by atoms with E-state index in [0.29, 0.717) is 5.69 Å². The lowest BCUT2D eigenvalue weighted by atomic mass is 10.3. The third-order valence-electron chi connectivity index (χ3n) is 1.69. The molecule has 1 aromatic carbocycles. The zero-order valence-corrected chi connectivity index (χ0v) is 7.48. The summed E-state index contributed by atoms with van der Waals surface area (Å²) >= 11 is 0. The largest absolute Gasteiger partial charge is 0.283 e. The highest BCUT2D eigenvalue weighted by Crippen LogP contribution is 2.23. The van der Waals surface area contributed by atoms with Crippen molar-refractivity contribution in [3.05, 3.63) is 42.2 Å². The highest BCUT2D eigenvalue weighted by atomic mass is 19.1. The fraction of sp³-hybridized carbons (Fsp3) is 0. The first-order valence-electron chi connectivity index (χ1n) is 4.12. The Bertz CT molecular complexity index is 459. The van der Waals surface area contributed by atoms with Gasteiger partial charge in [-0.2, -0.15) is 5.10 Å². The third kappa shape index (κ3) is 2.04. The smallest absolute Gasteiger partial charge is 0.157 e. The van der Waals surface area contributed by atoms with Crippen LogP contribution in [0.25, 0.3) is 0 Å². The fourth-order valence-electron chi connectivity index (χ4n) is 0.991. The van der Waals surface area contributed by atoms with E-state index in [1.807, 2.05) is 0 Å². The van der Waals surface area contributed by atoms with E-state index in [1.165, 1.54) is 18.5 Å². The fourth-order valence-corrected chi connectivity index (χ4v) is 0.991. The van der Waals surface area contributed by atoms with Gasteiger partial charge in [0.25, 0.3) is 0 Å². The Balaban J connectivity index is 2.32. The molecular formula is C9H6F2N4. The van der Waals surface area contributed by atoms with Gasteiger partial charge in [-0.05, 0) is 12.1 Å². The van der Waals surface area contributed by atoms with Crippen molar-refractivity contribution in [1.82, 2.24) is 10.2 Å². The van der Waals surface area contributed by atoms with Gasteiger partial charge in [-0.1, -0.05) is 6.07 Å². The molecule has 1 N–H and O–H groups in total. The van der Waals surface area contributed by atoms with E-state index in [4.69, 9.17) is 0 Å². The minimum absolute atomic E-state index is 0.401. The number of aromatic nitrogens is 2. The predicted octanol–water partition coefficient (Wildman–Crippen LogP) is 3.10. The molecule has 0 aliphatic heterocycles. The van der Waals surface area contributed by atoms with Crippen molar-refractivity contribution < 1.29 is 8.78 Å². The lowest BCUT2D eigenvalue weighted by Gasteiger charge is -1.95. The third-order valence-corrected chi connectivity index (χ3v) is 1.69. The molecule has 0 aliphatic rings. The molecule has 6 heteroatoms. The van der Waals surface area contributed by atoms with Gasteiger partial charge in [-0.15, -0.1) is 10.2 Å². The van der Waals surface area contributed by atoms with Crippen LogP contribution >= 0.6 is 0 Å². The maximum atomic E-state index is 13.1. The van der Waals surface area contributed by atoms with Crippen molar-refractivity contribution >= 4 is 11.4 Å². The van der Waals surface area contributed by atoms with Crippen LogP contribution in [0.2, 0.25) is 0 Å². The number of nitrogens with zero attached hydrogens (tertiary/aromatic N) is 3. The van der Waals surface area contributed by atoms with Crippen LogP contribution in [-0.4, -0.2) is 10.2 Å². The highest BCUT2D eigenvalue weighted by molar-refractivity contribution is 5.40. The molecule has 2 rings (SSSR count). The Labute approximate surface area is 83.7 Å². The Morgan fingerprint density at radius 2 is 1.87 bits per heavy atom. The molecule has 15 heavy (non-hydrogen) atoms. The lowest BCUT2D eigenvalue weighted by molar-refractivity contribution is 0.585. The first kappa shape index (κ1) is 9.45. The normalized spacial score (nSPS) is 11.1. The second-order valence-corrected chi connectivity index (χ2v) is 2.73. The maximum absolute atomic E-state index is 13.1. The van der Waals surface area contributed by atoms with Crippen molar-refractivity contribution in [3.63, 3.8) is 0 Å². The molecule has 0 spiro atoms. The van der Waals surface area contributed by atoms with E-state index in [1.54, 1.807) is 0 Å². The van der Waals surface area contributed by atoms with Crippen LogP contribution in [0.5, 0.6) is 0 Å². The predicted molar refractivity (Wildman–Crippen MR) is 49.1 cm³/mol. The van der Waals surface area contributed by atoms with Gasteiger partial charge in [-0.3, -0.25) is 5.10 Å². The van der Waals surface area contributed by atoms with E-state index in [-0.39, 0.29) is 0 Å². The van der Waals surface area contributed by atoms with E-state index in [2.05, 4.69) is 20.4 Å². The zero-order chi connectivity index (χ0) is 10.7. The summed E-state index contributed by atoms with van der Waals surface area (Å²) in [6, 6.07) is 3.50. The Morgan fingerprint density at radius 3 is 2.47 bits per heavy atom. The van der Waals surface area contributed by atoms with Crippen molar-refractivity contribution in [2.24, 2.45) is 10.2 Å². The van der Waals surface area contributed by atoms with Crippen molar-refractivity contribution in [3.8, 4) is 0 Å². The molecule has 0 atom stereocenters. The number of azo groups is 1. The van der Waals surface area contributed by atoms with Crippen LogP contribution in [-0.2, 0) is 0 Å². The van der Waals surface area contributed by atoms with E-state index >= 15 is 0 Å². The lowest BCUT2D eigenvalue weighted by Crippen LogP contribution is -1.79. The summed E-state index contributed by atoms with van der Waals surface area (Å²) in [5, 5.41) is 13.2. The number of hydrogen-bond acceptors (Lipinski definition) is 3. The highest BCUT2D eigenvalue weighted by Gasteiger charge is 2.06. The van der Waals surface area contributed by atoms with Gasteiger partial charge in [-0.25, -0.2) is 8.78 Å². The van der Waals surface area contributed by atoms with Crippen molar-refractivity contribution in [1.29, 1.82) is 0 Å². The van der Waals surface area contributed by atoms with Gasteiger partial charge in [0.2, 0.25) is 0 Å². The second-order valence-electron chi connectivity index (χ2n) is 2.73. The van der Waals surface area contributed by atoms with Gasteiger partial charge in [0.15, 0.2) is 17.3 Å². The van der Waals surface area contributed by atoms with Gasteiger partial charge in [0, 0.05) is 6.20 Å². The van der Waals surface area contributed by atoms with Crippen LogP contribution in [0.1, 0.15) is 0 Å². The molecule has 0 amide bonds. The standard InChI is InChI=1S/C9H6F2N4/c10-7-2-1-3-8(11)9(7)15-14-6-4-12-13-5-6/h1-5H,(H,12,13)/b15-14+. The average molecular weight is 208 g/mol. The molecule has 0 fully saturated rings. The number of benzene rings is 1. The van der Waals surface area contributed by atoms with Crippen LogP contribution < -0.4 is 0 Å². The molecule has 0 aliphatic carbocycles.